The lowest BCUT2D eigenvalue weighted by atomic mass is 10.0. The number of carbonyl (C=O) groups excluding carboxylic acids is 1. The van der Waals surface area contributed by atoms with E-state index in [1.807, 2.05) is 0 Å². The third-order valence-electron chi connectivity index (χ3n) is 4.28. The average molecular weight is 384 g/mol. The summed E-state index contributed by atoms with van der Waals surface area (Å²) in [6.45, 7) is 2.12. The number of anilines is 1. The van der Waals surface area contributed by atoms with Gasteiger partial charge in [-0.1, -0.05) is 13.3 Å². The summed E-state index contributed by atoms with van der Waals surface area (Å²) < 4.78 is 31.2. The summed E-state index contributed by atoms with van der Waals surface area (Å²) in [4.78, 5) is 23.8. The molecule has 144 valence electrons. The van der Waals surface area contributed by atoms with Gasteiger partial charge < -0.3 is 15.2 Å². The van der Waals surface area contributed by atoms with Crippen molar-refractivity contribution in [2.24, 2.45) is 0 Å². The molecule has 2 N–H and O–H groups in total. The molecule has 1 aromatic rings. The van der Waals surface area contributed by atoms with Crippen LogP contribution in [0.3, 0.4) is 0 Å². The van der Waals surface area contributed by atoms with Crippen LogP contribution >= 0.6 is 0 Å². The smallest absolute Gasteiger partial charge is 0.339 e. The Bertz CT molecular complexity index is 777. The maximum absolute atomic E-state index is 12.7. The molecular weight excluding hydrogens is 360 g/mol. The Labute approximate surface area is 153 Å². The molecule has 1 atom stereocenters. The summed E-state index contributed by atoms with van der Waals surface area (Å²) >= 11 is 0. The molecule has 9 heteroatoms. The number of benzene rings is 1. The molecule has 1 fully saturated rings. The van der Waals surface area contributed by atoms with Crippen molar-refractivity contribution in [2.75, 3.05) is 24.7 Å². The van der Waals surface area contributed by atoms with Crippen molar-refractivity contribution in [3.63, 3.8) is 0 Å². The number of sulfonamides is 1. The number of aromatic carboxylic acids is 1. The first-order chi connectivity index (χ1) is 12.3. The van der Waals surface area contributed by atoms with Crippen LogP contribution < -0.4 is 10.1 Å². The van der Waals surface area contributed by atoms with Crippen molar-refractivity contribution in [3.05, 3.63) is 23.8 Å². The Hall–Kier alpha value is -2.13. The quantitative estimate of drug-likeness (QED) is 0.743. The van der Waals surface area contributed by atoms with Crippen LogP contribution in [-0.2, 0) is 14.8 Å². The number of ether oxygens (including phenoxy) is 1. The second-order valence-corrected chi connectivity index (χ2v) is 8.19. The summed E-state index contributed by atoms with van der Waals surface area (Å²) in [5.74, 6) is -1.43. The molecule has 2 rings (SSSR count). The molecule has 1 amide bonds. The number of carboxylic acids is 1. The van der Waals surface area contributed by atoms with Crippen molar-refractivity contribution in [2.45, 2.75) is 38.6 Å². The van der Waals surface area contributed by atoms with E-state index in [1.54, 1.807) is 6.92 Å². The number of rotatable bonds is 7. The topological polar surface area (TPSA) is 113 Å². The van der Waals surface area contributed by atoms with Crippen LogP contribution in [0.2, 0.25) is 0 Å². The summed E-state index contributed by atoms with van der Waals surface area (Å²) in [6, 6.07) is 3.45. The van der Waals surface area contributed by atoms with Gasteiger partial charge in [0.1, 0.15) is 17.4 Å². The van der Waals surface area contributed by atoms with Gasteiger partial charge in [-0.25, -0.2) is 13.2 Å². The van der Waals surface area contributed by atoms with Gasteiger partial charge in [-0.3, -0.25) is 4.79 Å². The predicted molar refractivity (Wildman–Crippen MR) is 97.0 cm³/mol. The number of nitrogens with one attached hydrogen (secondary N) is 1. The zero-order chi connectivity index (χ0) is 19.3. The molecule has 1 unspecified atom stereocenters. The molecular formula is C17H24N2O6S. The van der Waals surface area contributed by atoms with Crippen LogP contribution in [0.1, 0.15) is 43.0 Å². The zero-order valence-electron chi connectivity index (χ0n) is 14.9. The first-order valence-electron chi connectivity index (χ1n) is 8.52. The van der Waals surface area contributed by atoms with E-state index < -0.39 is 27.9 Å². The van der Waals surface area contributed by atoms with Gasteiger partial charge in [0.15, 0.2) is 0 Å². The third kappa shape index (κ3) is 4.53. The van der Waals surface area contributed by atoms with E-state index in [2.05, 4.69) is 5.32 Å². The standard InChI is InChI=1S/C17H24N2O6S/c1-3-10-26(23,24)19-9-5-4-6-14(19)16(20)18-12-7-8-13(17(21)22)15(11-12)25-2/h7-8,11,14H,3-6,9-10H2,1-2H3,(H,18,20)(H,21,22). The Morgan fingerprint density at radius 3 is 2.69 bits per heavy atom. The normalized spacial score (nSPS) is 18.3. The van der Waals surface area contributed by atoms with E-state index in [1.165, 1.54) is 29.6 Å². The number of nitrogens with zero attached hydrogens (tertiary/aromatic N) is 1. The number of amides is 1. The largest absolute Gasteiger partial charge is 0.496 e. The van der Waals surface area contributed by atoms with E-state index in [4.69, 9.17) is 9.84 Å². The molecule has 0 aromatic heterocycles. The van der Waals surface area contributed by atoms with E-state index in [9.17, 15) is 18.0 Å². The Morgan fingerprint density at radius 2 is 2.08 bits per heavy atom. The van der Waals surface area contributed by atoms with Crippen LogP contribution in [0.5, 0.6) is 5.75 Å². The maximum Gasteiger partial charge on any atom is 0.339 e. The molecule has 1 heterocycles. The summed E-state index contributed by atoms with van der Waals surface area (Å²) in [5.41, 5.74) is 0.338. The second kappa shape index (κ2) is 8.50. The first kappa shape index (κ1) is 20.2. The van der Waals surface area contributed by atoms with E-state index in [0.29, 0.717) is 25.1 Å². The molecule has 1 aliphatic rings. The first-order valence-corrected chi connectivity index (χ1v) is 10.1. The molecule has 0 saturated carbocycles. The lowest BCUT2D eigenvalue weighted by molar-refractivity contribution is -0.120. The number of piperidine rings is 1. The molecule has 0 spiro atoms. The number of methoxy groups -OCH3 is 1. The predicted octanol–water partition coefficient (Wildman–Crippen LogP) is 1.93. The summed E-state index contributed by atoms with van der Waals surface area (Å²) in [5, 5.41) is 11.8. The second-order valence-electron chi connectivity index (χ2n) is 6.15. The summed E-state index contributed by atoms with van der Waals surface area (Å²) in [6.07, 6.45) is 2.45. The Balaban J connectivity index is 2.21. The van der Waals surface area contributed by atoms with Gasteiger partial charge >= 0.3 is 5.97 Å². The van der Waals surface area contributed by atoms with Gasteiger partial charge in [-0.2, -0.15) is 4.31 Å². The van der Waals surface area contributed by atoms with Crippen molar-refractivity contribution >= 4 is 27.6 Å². The lowest BCUT2D eigenvalue weighted by Crippen LogP contribution is -2.50. The van der Waals surface area contributed by atoms with Gasteiger partial charge in [0, 0.05) is 18.3 Å². The van der Waals surface area contributed by atoms with E-state index in [0.717, 1.165) is 12.8 Å². The number of carboxylic acid groups (broad SMARTS) is 1. The van der Waals surface area contributed by atoms with Crippen LogP contribution in [0.25, 0.3) is 0 Å². The lowest BCUT2D eigenvalue weighted by Gasteiger charge is -2.33. The summed E-state index contributed by atoms with van der Waals surface area (Å²) in [7, 11) is -2.14. The van der Waals surface area contributed by atoms with Crippen molar-refractivity contribution in [3.8, 4) is 5.75 Å². The minimum Gasteiger partial charge on any atom is -0.496 e. The molecule has 8 nitrogen and oxygen atoms in total. The molecule has 1 aliphatic heterocycles. The zero-order valence-corrected chi connectivity index (χ0v) is 15.7. The maximum atomic E-state index is 12.7. The van der Waals surface area contributed by atoms with Crippen LogP contribution in [0, 0.1) is 0 Å². The highest BCUT2D eigenvalue weighted by Crippen LogP contribution is 2.26. The molecule has 1 saturated heterocycles. The highest BCUT2D eigenvalue weighted by Gasteiger charge is 2.36. The van der Waals surface area contributed by atoms with Crippen molar-refractivity contribution in [1.29, 1.82) is 0 Å². The monoisotopic (exact) mass is 384 g/mol. The highest BCUT2D eigenvalue weighted by molar-refractivity contribution is 7.89. The fraction of sp³-hybridized carbons (Fsp3) is 0.529. The fourth-order valence-corrected chi connectivity index (χ4v) is 4.79. The molecule has 0 bridgehead atoms. The van der Waals surface area contributed by atoms with E-state index >= 15 is 0 Å². The van der Waals surface area contributed by atoms with Gasteiger partial charge in [-0.05, 0) is 31.4 Å². The van der Waals surface area contributed by atoms with Gasteiger partial charge in [0.25, 0.3) is 0 Å². The fourth-order valence-electron chi connectivity index (χ4n) is 3.05. The van der Waals surface area contributed by atoms with Crippen LogP contribution in [-0.4, -0.2) is 55.2 Å². The Morgan fingerprint density at radius 1 is 1.35 bits per heavy atom. The SMILES string of the molecule is CCCS(=O)(=O)N1CCCCC1C(=O)Nc1ccc(C(=O)O)c(OC)c1. The number of hydrogen-bond acceptors (Lipinski definition) is 5. The molecule has 0 aliphatic carbocycles. The minimum atomic E-state index is -3.48. The Kier molecular flexibility index (Phi) is 6.60. The van der Waals surface area contributed by atoms with Crippen LogP contribution in [0.4, 0.5) is 5.69 Å². The number of hydrogen-bond donors (Lipinski definition) is 2. The molecule has 0 radical (unpaired) electrons. The van der Waals surface area contributed by atoms with Gasteiger partial charge in [0.2, 0.25) is 15.9 Å². The average Bonchev–Trinajstić information content (AvgIpc) is 2.61. The van der Waals surface area contributed by atoms with E-state index in [-0.39, 0.29) is 17.1 Å². The molecule has 26 heavy (non-hydrogen) atoms. The van der Waals surface area contributed by atoms with Crippen molar-refractivity contribution < 1.29 is 27.9 Å². The number of carbonyl (C=O) groups is 2. The molecule has 1 aromatic carbocycles. The highest BCUT2D eigenvalue weighted by atomic mass is 32.2. The third-order valence-corrected chi connectivity index (χ3v) is 6.35. The van der Waals surface area contributed by atoms with Gasteiger partial charge in [-0.15, -0.1) is 0 Å². The van der Waals surface area contributed by atoms with Crippen molar-refractivity contribution in [1.82, 2.24) is 4.31 Å². The minimum absolute atomic E-state index is 0.0118. The van der Waals surface area contributed by atoms with Crippen LogP contribution in [0.15, 0.2) is 18.2 Å². The van der Waals surface area contributed by atoms with Gasteiger partial charge in [0.05, 0.1) is 12.9 Å².